The van der Waals surface area contributed by atoms with Gasteiger partial charge < -0.3 is 14.2 Å². The molecule has 8 heteroatoms. The Bertz CT molecular complexity index is 926. The highest BCUT2D eigenvalue weighted by atomic mass is 35.5. The van der Waals surface area contributed by atoms with Gasteiger partial charge in [-0.3, -0.25) is 0 Å². The van der Waals surface area contributed by atoms with Gasteiger partial charge >= 0.3 is 0 Å². The van der Waals surface area contributed by atoms with Crippen molar-refractivity contribution in [1.29, 1.82) is 0 Å². The Hall–Kier alpha value is -1.79. The van der Waals surface area contributed by atoms with Crippen LogP contribution in [-0.2, 0) is 20.6 Å². The van der Waals surface area contributed by atoms with Gasteiger partial charge in [0.2, 0.25) is 0 Å². The van der Waals surface area contributed by atoms with E-state index in [4.69, 9.17) is 37.4 Å². The largest absolute Gasteiger partial charge is 0.375 e. The van der Waals surface area contributed by atoms with E-state index in [9.17, 15) is 5.53 Å². The Morgan fingerprint density at radius 1 is 1.16 bits per heavy atom. The van der Waals surface area contributed by atoms with Crippen molar-refractivity contribution in [1.82, 2.24) is 0 Å². The van der Waals surface area contributed by atoms with Gasteiger partial charge in [0.25, 0.3) is 0 Å². The topological polar surface area (TPSA) is 76.5 Å². The molecule has 0 spiro atoms. The average Bonchev–Trinajstić information content (AvgIpc) is 3.10. The Labute approximate surface area is 199 Å². The molecular formula is C24H29Cl2N3O3. The van der Waals surface area contributed by atoms with Gasteiger partial charge in [-0.05, 0) is 67.1 Å². The molecule has 0 N–H and O–H groups in total. The summed E-state index contributed by atoms with van der Waals surface area (Å²) in [7, 11) is 0. The highest BCUT2D eigenvalue weighted by molar-refractivity contribution is 6.35. The quantitative estimate of drug-likeness (QED) is 0.157. The maximum atomic E-state index is 9.23. The summed E-state index contributed by atoms with van der Waals surface area (Å²) < 4.78 is 18.0. The van der Waals surface area contributed by atoms with E-state index in [-0.39, 0.29) is 6.10 Å². The number of rotatable bonds is 10. The maximum absolute atomic E-state index is 9.23. The third-order valence-electron chi connectivity index (χ3n) is 5.38. The van der Waals surface area contributed by atoms with Crippen molar-refractivity contribution >= 4 is 23.2 Å². The Balaban J connectivity index is 1.79. The van der Waals surface area contributed by atoms with Crippen LogP contribution >= 0.6 is 23.2 Å². The number of nitrogens with zero attached hydrogens (tertiary/aromatic N) is 3. The normalized spacial score (nSPS) is 19.3. The van der Waals surface area contributed by atoms with E-state index >= 15 is 0 Å². The molecule has 0 bridgehead atoms. The zero-order chi connectivity index (χ0) is 23.1. The van der Waals surface area contributed by atoms with Crippen molar-refractivity contribution in [2.75, 3.05) is 13.2 Å². The Morgan fingerprint density at radius 3 is 2.41 bits per heavy atom. The van der Waals surface area contributed by atoms with Crippen LogP contribution in [0.5, 0.6) is 0 Å². The molecule has 3 rings (SSSR count). The first-order chi connectivity index (χ1) is 15.3. The minimum Gasteiger partial charge on any atom is -0.375 e. The monoisotopic (exact) mass is 477 g/mol. The zero-order valence-corrected chi connectivity index (χ0v) is 20.1. The van der Waals surface area contributed by atoms with Crippen LogP contribution in [0, 0.1) is 0 Å². The predicted octanol–water partition coefficient (Wildman–Crippen LogP) is 7.22. The third-order valence-corrected chi connectivity index (χ3v) is 5.82. The second kappa shape index (κ2) is 11.4. The number of halogens is 2. The smallest absolute Gasteiger partial charge is 0.163 e. The first kappa shape index (κ1) is 24.8. The molecule has 32 heavy (non-hydrogen) atoms. The molecule has 0 saturated carbocycles. The number of hydrogen-bond acceptors (Lipinski definition) is 4. The van der Waals surface area contributed by atoms with Crippen molar-refractivity contribution in [3.63, 3.8) is 0 Å². The molecule has 1 aliphatic heterocycles. The van der Waals surface area contributed by atoms with Crippen LogP contribution in [0.4, 0.5) is 0 Å². The maximum Gasteiger partial charge on any atom is 0.163 e. The van der Waals surface area contributed by atoms with Gasteiger partial charge in [0.05, 0.1) is 18.8 Å². The Morgan fingerprint density at radius 2 is 1.84 bits per heavy atom. The van der Waals surface area contributed by atoms with Gasteiger partial charge in [-0.25, -0.2) is 0 Å². The summed E-state index contributed by atoms with van der Waals surface area (Å²) in [4.78, 5) is 3.09. The molecule has 1 fully saturated rings. The molecule has 0 aliphatic carbocycles. The molecule has 172 valence electrons. The van der Waals surface area contributed by atoms with Gasteiger partial charge in [0.15, 0.2) is 5.79 Å². The average molecular weight is 478 g/mol. The fourth-order valence-corrected chi connectivity index (χ4v) is 4.32. The lowest BCUT2D eigenvalue weighted by Gasteiger charge is -2.29. The molecule has 0 radical (unpaired) electrons. The van der Waals surface area contributed by atoms with Gasteiger partial charge in [0, 0.05) is 21.6 Å². The minimum absolute atomic E-state index is 0.301. The summed E-state index contributed by atoms with van der Waals surface area (Å²) in [6, 6.07) is 13.1. The summed E-state index contributed by atoms with van der Waals surface area (Å²) >= 11 is 12.3. The van der Waals surface area contributed by atoms with Crippen LogP contribution in [0.2, 0.25) is 10.0 Å². The SMILES string of the molecule is CCCCO[C@@H]([C@H](Cc1ccc(-c2cc(Cl)cc(Cl)c2)cc1)N=[N+]=[N-])[C@@H]1COC(C)(C)O1. The minimum atomic E-state index is -0.683. The summed E-state index contributed by atoms with van der Waals surface area (Å²) in [5, 5.41) is 5.26. The molecule has 1 saturated heterocycles. The number of hydrogen-bond donors (Lipinski definition) is 0. The van der Waals surface area contributed by atoms with Crippen LogP contribution in [0.15, 0.2) is 47.6 Å². The second-order valence-corrected chi connectivity index (χ2v) is 9.26. The van der Waals surface area contributed by atoms with Crippen LogP contribution in [0.1, 0.15) is 39.2 Å². The van der Waals surface area contributed by atoms with E-state index in [1.807, 2.05) is 50.2 Å². The van der Waals surface area contributed by atoms with E-state index in [1.54, 1.807) is 6.07 Å². The molecule has 0 aromatic heterocycles. The van der Waals surface area contributed by atoms with Crippen molar-refractivity contribution in [2.24, 2.45) is 5.11 Å². The molecule has 0 amide bonds. The number of azide groups is 1. The van der Waals surface area contributed by atoms with E-state index in [0.717, 1.165) is 29.5 Å². The molecule has 2 aromatic rings. The molecular weight excluding hydrogens is 449 g/mol. The lowest BCUT2D eigenvalue weighted by atomic mass is 9.96. The lowest BCUT2D eigenvalue weighted by Crippen LogP contribution is -2.42. The van der Waals surface area contributed by atoms with Crippen LogP contribution in [0.25, 0.3) is 21.6 Å². The van der Waals surface area contributed by atoms with Gasteiger partial charge in [0.1, 0.15) is 6.10 Å². The van der Waals surface area contributed by atoms with Crippen molar-refractivity contribution < 1.29 is 14.2 Å². The number of ether oxygens (including phenoxy) is 3. The van der Waals surface area contributed by atoms with E-state index in [2.05, 4.69) is 16.9 Å². The predicted molar refractivity (Wildman–Crippen MR) is 128 cm³/mol. The molecule has 1 heterocycles. The Kier molecular flexibility index (Phi) is 8.83. The lowest BCUT2D eigenvalue weighted by molar-refractivity contribution is -0.158. The number of benzene rings is 2. The summed E-state index contributed by atoms with van der Waals surface area (Å²) in [5.74, 6) is -0.683. The molecule has 3 atom stereocenters. The van der Waals surface area contributed by atoms with Gasteiger partial charge in [-0.2, -0.15) is 0 Å². The van der Waals surface area contributed by atoms with Crippen LogP contribution in [-0.4, -0.2) is 37.3 Å². The second-order valence-electron chi connectivity index (χ2n) is 8.39. The van der Waals surface area contributed by atoms with Crippen LogP contribution in [0.3, 0.4) is 0 Å². The fraction of sp³-hybridized carbons (Fsp3) is 0.500. The van der Waals surface area contributed by atoms with Gasteiger partial charge in [-0.15, -0.1) is 0 Å². The molecule has 6 nitrogen and oxygen atoms in total. The first-order valence-electron chi connectivity index (χ1n) is 10.8. The van der Waals surface area contributed by atoms with Crippen LogP contribution < -0.4 is 0 Å². The van der Waals surface area contributed by atoms with Gasteiger partial charge in [-0.1, -0.05) is 65.9 Å². The number of unbranched alkanes of at least 4 members (excludes halogenated alkanes) is 1. The standard InChI is InChI=1S/C24H29Cl2N3O3/c1-4-5-10-30-23(22-15-31-24(2,3)32-22)21(28-29-27)11-16-6-8-17(9-7-16)18-12-19(25)14-20(26)13-18/h6-9,12-14,21-23H,4-5,10-11,15H2,1-3H3/t21-,22-,23-/m0/s1. The van der Waals surface area contributed by atoms with Crippen molar-refractivity contribution in [3.8, 4) is 11.1 Å². The summed E-state index contributed by atoms with van der Waals surface area (Å²) in [6.07, 6.45) is 1.77. The van der Waals surface area contributed by atoms with Crippen molar-refractivity contribution in [3.05, 3.63) is 68.5 Å². The first-order valence-corrected chi connectivity index (χ1v) is 11.6. The molecule has 2 aromatic carbocycles. The van der Waals surface area contributed by atoms with E-state index < -0.39 is 17.9 Å². The van der Waals surface area contributed by atoms with Crippen molar-refractivity contribution in [2.45, 2.75) is 64.1 Å². The van der Waals surface area contributed by atoms with E-state index in [0.29, 0.717) is 29.7 Å². The highest BCUT2D eigenvalue weighted by Crippen LogP contribution is 2.30. The highest BCUT2D eigenvalue weighted by Gasteiger charge is 2.41. The fourth-order valence-electron chi connectivity index (χ4n) is 3.79. The molecule has 0 unspecified atom stereocenters. The summed E-state index contributed by atoms with van der Waals surface area (Å²) in [6.45, 7) is 6.83. The molecule has 1 aliphatic rings. The van der Waals surface area contributed by atoms with E-state index in [1.165, 1.54) is 0 Å². The third kappa shape index (κ3) is 6.85. The summed E-state index contributed by atoms with van der Waals surface area (Å²) in [5.41, 5.74) is 12.2. The zero-order valence-electron chi connectivity index (χ0n) is 18.6.